The Labute approximate surface area is 148 Å². The van der Waals surface area contributed by atoms with E-state index in [1.54, 1.807) is 12.4 Å². The topological polar surface area (TPSA) is 67.8 Å². The summed E-state index contributed by atoms with van der Waals surface area (Å²) in [5, 5.41) is 4.04. The molecule has 0 aliphatic rings. The number of benzene rings is 1. The zero-order valence-corrected chi connectivity index (χ0v) is 14.8. The SMILES string of the molecule is Cc1cnc(C(=O)Nc2ncc(Cc3cccc(C)c3Cl)s2)cn1. The number of aryl methyl sites for hydroxylation is 2. The number of halogens is 1. The van der Waals surface area contributed by atoms with Gasteiger partial charge in [0.15, 0.2) is 5.13 Å². The van der Waals surface area contributed by atoms with Crippen LogP contribution in [0.2, 0.25) is 5.02 Å². The van der Waals surface area contributed by atoms with Crippen LogP contribution < -0.4 is 5.32 Å². The van der Waals surface area contributed by atoms with Gasteiger partial charge in [0.1, 0.15) is 5.69 Å². The smallest absolute Gasteiger partial charge is 0.277 e. The number of carbonyl (C=O) groups excluding carboxylic acids is 1. The van der Waals surface area contributed by atoms with Crippen LogP contribution in [0.15, 0.2) is 36.8 Å². The predicted octanol–water partition coefficient (Wildman–Crippen LogP) is 4.05. The summed E-state index contributed by atoms with van der Waals surface area (Å²) in [5.41, 5.74) is 3.12. The Hall–Kier alpha value is -2.31. The van der Waals surface area contributed by atoms with Gasteiger partial charge >= 0.3 is 0 Å². The third-order valence-electron chi connectivity index (χ3n) is 3.42. The highest BCUT2D eigenvalue weighted by Crippen LogP contribution is 2.26. The Morgan fingerprint density at radius 2 is 2.00 bits per heavy atom. The first-order valence-electron chi connectivity index (χ1n) is 7.31. The van der Waals surface area contributed by atoms with Gasteiger partial charge in [-0.25, -0.2) is 9.97 Å². The molecule has 0 bridgehead atoms. The molecule has 0 spiro atoms. The predicted molar refractivity (Wildman–Crippen MR) is 95.8 cm³/mol. The summed E-state index contributed by atoms with van der Waals surface area (Å²) >= 11 is 7.74. The molecular weight excluding hydrogens is 344 g/mol. The highest BCUT2D eigenvalue weighted by Gasteiger charge is 2.12. The van der Waals surface area contributed by atoms with Crippen LogP contribution in [0, 0.1) is 13.8 Å². The minimum Gasteiger partial charge on any atom is -0.296 e. The second-order valence-corrected chi connectivity index (χ2v) is 6.85. The number of nitrogens with one attached hydrogen (secondary N) is 1. The fourth-order valence-corrected chi connectivity index (χ4v) is 3.17. The van der Waals surface area contributed by atoms with Gasteiger partial charge in [-0.05, 0) is 25.0 Å². The van der Waals surface area contributed by atoms with E-state index in [9.17, 15) is 4.79 Å². The van der Waals surface area contributed by atoms with Crippen molar-refractivity contribution in [2.24, 2.45) is 0 Å². The maximum absolute atomic E-state index is 12.1. The summed E-state index contributed by atoms with van der Waals surface area (Å²) in [7, 11) is 0. The number of rotatable bonds is 4. The second kappa shape index (κ2) is 7.07. The Morgan fingerprint density at radius 3 is 2.75 bits per heavy atom. The van der Waals surface area contributed by atoms with Gasteiger partial charge in [0.05, 0.1) is 11.9 Å². The molecule has 1 N–H and O–H groups in total. The van der Waals surface area contributed by atoms with Crippen molar-refractivity contribution in [3.8, 4) is 0 Å². The molecule has 122 valence electrons. The first kappa shape index (κ1) is 16.5. The lowest BCUT2D eigenvalue weighted by Gasteiger charge is -2.04. The fraction of sp³-hybridized carbons (Fsp3) is 0.176. The standard InChI is InChI=1S/C17H15ClN4OS/c1-10-4-3-5-12(15(10)18)6-13-8-21-17(24-13)22-16(23)14-9-19-11(2)7-20-14/h3-5,7-9H,6H2,1-2H3,(H,21,22,23). The third kappa shape index (κ3) is 3.77. The molecule has 3 rings (SSSR count). The van der Waals surface area contributed by atoms with Crippen LogP contribution in [0.5, 0.6) is 0 Å². The van der Waals surface area contributed by atoms with Crippen molar-refractivity contribution in [2.45, 2.75) is 20.3 Å². The number of carbonyl (C=O) groups is 1. The van der Waals surface area contributed by atoms with E-state index in [0.717, 1.165) is 26.7 Å². The molecule has 7 heteroatoms. The molecule has 2 heterocycles. The van der Waals surface area contributed by atoms with E-state index < -0.39 is 0 Å². The highest BCUT2D eigenvalue weighted by molar-refractivity contribution is 7.15. The summed E-state index contributed by atoms with van der Waals surface area (Å²) in [6.07, 6.45) is 5.44. The Balaban J connectivity index is 1.70. The minimum absolute atomic E-state index is 0.263. The van der Waals surface area contributed by atoms with Crippen molar-refractivity contribution < 1.29 is 4.79 Å². The zero-order valence-electron chi connectivity index (χ0n) is 13.2. The van der Waals surface area contributed by atoms with Crippen LogP contribution in [0.4, 0.5) is 5.13 Å². The number of hydrogen-bond acceptors (Lipinski definition) is 5. The number of amides is 1. The summed E-state index contributed by atoms with van der Waals surface area (Å²) in [6, 6.07) is 5.96. The van der Waals surface area contributed by atoms with Gasteiger partial charge in [-0.1, -0.05) is 29.8 Å². The number of anilines is 1. The van der Waals surface area contributed by atoms with Gasteiger partial charge in [0.25, 0.3) is 5.91 Å². The molecule has 0 aliphatic heterocycles. The number of aromatic nitrogens is 3. The van der Waals surface area contributed by atoms with Crippen molar-refractivity contribution >= 4 is 34.0 Å². The average Bonchev–Trinajstić information content (AvgIpc) is 2.99. The Bertz CT molecular complexity index is 877. The summed E-state index contributed by atoms with van der Waals surface area (Å²) in [5.74, 6) is -0.322. The number of thiazole rings is 1. The molecule has 0 saturated heterocycles. The first-order chi connectivity index (χ1) is 11.5. The Morgan fingerprint density at radius 1 is 1.17 bits per heavy atom. The van der Waals surface area contributed by atoms with E-state index in [1.807, 2.05) is 32.0 Å². The van der Waals surface area contributed by atoms with E-state index in [4.69, 9.17) is 11.6 Å². The number of nitrogens with zero attached hydrogens (tertiary/aromatic N) is 3. The second-order valence-electron chi connectivity index (χ2n) is 5.35. The van der Waals surface area contributed by atoms with Gasteiger partial charge in [-0.15, -0.1) is 11.3 Å². The highest BCUT2D eigenvalue weighted by atomic mass is 35.5. The molecule has 0 radical (unpaired) electrons. The van der Waals surface area contributed by atoms with Crippen LogP contribution in [0.25, 0.3) is 0 Å². The molecule has 1 aromatic carbocycles. The molecular formula is C17H15ClN4OS. The molecule has 0 unspecified atom stereocenters. The number of hydrogen-bond donors (Lipinski definition) is 1. The molecule has 0 saturated carbocycles. The monoisotopic (exact) mass is 358 g/mol. The van der Waals surface area contributed by atoms with Gasteiger partial charge in [0, 0.05) is 28.7 Å². The lowest BCUT2D eigenvalue weighted by molar-refractivity contribution is 0.102. The molecule has 3 aromatic rings. The van der Waals surface area contributed by atoms with Crippen molar-refractivity contribution in [3.63, 3.8) is 0 Å². The van der Waals surface area contributed by atoms with Crippen molar-refractivity contribution in [3.05, 3.63) is 69.2 Å². The van der Waals surface area contributed by atoms with E-state index in [0.29, 0.717) is 11.6 Å². The van der Waals surface area contributed by atoms with E-state index in [2.05, 4.69) is 20.3 Å². The molecule has 0 fully saturated rings. The van der Waals surface area contributed by atoms with E-state index >= 15 is 0 Å². The Kier molecular flexibility index (Phi) is 4.87. The van der Waals surface area contributed by atoms with Gasteiger partial charge in [0.2, 0.25) is 0 Å². The summed E-state index contributed by atoms with van der Waals surface area (Å²) < 4.78 is 0. The zero-order chi connectivity index (χ0) is 17.1. The summed E-state index contributed by atoms with van der Waals surface area (Å²) in [6.45, 7) is 3.80. The van der Waals surface area contributed by atoms with Crippen molar-refractivity contribution in [2.75, 3.05) is 5.32 Å². The lowest BCUT2D eigenvalue weighted by atomic mass is 10.1. The summed E-state index contributed by atoms with van der Waals surface area (Å²) in [4.78, 5) is 25.5. The fourth-order valence-electron chi connectivity index (χ4n) is 2.15. The maximum atomic E-state index is 12.1. The normalized spacial score (nSPS) is 10.6. The van der Waals surface area contributed by atoms with E-state index in [-0.39, 0.29) is 11.6 Å². The van der Waals surface area contributed by atoms with Crippen molar-refractivity contribution in [1.29, 1.82) is 0 Å². The average molecular weight is 359 g/mol. The van der Waals surface area contributed by atoms with Crippen LogP contribution in [0.3, 0.4) is 0 Å². The molecule has 24 heavy (non-hydrogen) atoms. The van der Waals surface area contributed by atoms with Crippen molar-refractivity contribution in [1.82, 2.24) is 15.0 Å². The van der Waals surface area contributed by atoms with E-state index in [1.165, 1.54) is 17.5 Å². The lowest BCUT2D eigenvalue weighted by Crippen LogP contribution is -2.13. The van der Waals surface area contributed by atoms with Crippen LogP contribution in [-0.4, -0.2) is 20.9 Å². The van der Waals surface area contributed by atoms with Crippen LogP contribution in [0.1, 0.15) is 32.2 Å². The van der Waals surface area contributed by atoms with Gasteiger partial charge in [-0.2, -0.15) is 0 Å². The maximum Gasteiger partial charge on any atom is 0.277 e. The molecule has 1 amide bonds. The first-order valence-corrected chi connectivity index (χ1v) is 8.51. The van der Waals surface area contributed by atoms with Crippen LogP contribution in [-0.2, 0) is 6.42 Å². The third-order valence-corrected chi connectivity index (χ3v) is 4.88. The minimum atomic E-state index is -0.322. The molecule has 0 atom stereocenters. The van der Waals surface area contributed by atoms with Gasteiger partial charge in [-0.3, -0.25) is 15.1 Å². The quantitative estimate of drug-likeness (QED) is 0.764. The van der Waals surface area contributed by atoms with Crippen LogP contribution >= 0.6 is 22.9 Å². The molecule has 5 nitrogen and oxygen atoms in total. The molecule has 0 aliphatic carbocycles. The largest absolute Gasteiger partial charge is 0.296 e. The molecule has 2 aromatic heterocycles. The van der Waals surface area contributed by atoms with Gasteiger partial charge < -0.3 is 0 Å².